The van der Waals surface area contributed by atoms with Crippen LogP contribution in [0.15, 0.2) is 58.6 Å². The van der Waals surface area contributed by atoms with Crippen LogP contribution >= 0.6 is 23.1 Å². The number of ether oxygens (including phenoxy) is 4. The van der Waals surface area contributed by atoms with Crippen LogP contribution in [0.1, 0.15) is 0 Å². The van der Waals surface area contributed by atoms with E-state index in [9.17, 15) is 4.79 Å². The van der Waals surface area contributed by atoms with Gasteiger partial charge >= 0.3 is 6.03 Å². The molecule has 0 unspecified atom stereocenters. The molecule has 0 saturated carbocycles. The van der Waals surface area contributed by atoms with Gasteiger partial charge in [-0.05, 0) is 48.2 Å². The molecule has 2 aromatic carbocycles. The Hall–Kier alpha value is -4.18. The molecule has 13 nitrogen and oxygen atoms in total. The number of carbonyl (C=O) groups is 1. The van der Waals surface area contributed by atoms with Gasteiger partial charge in [0.2, 0.25) is 17.8 Å². The van der Waals surface area contributed by atoms with Crippen molar-refractivity contribution in [3.63, 3.8) is 0 Å². The Kier molecular flexibility index (Phi) is 7.14. The molecular formula is C26H24N8O5S2. The van der Waals surface area contributed by atoms with Crippen molar-refractivity contribution in [1.29, 1.82) is 0 Å². The van der Waals surface area contributed by atoms with Crippen molar-refractivity contribution in [3.8, 4) is 23.1 Å². The van der Waals surface area contributed by atoms with E-state index in [-0.39, 0.29) is 12.8 Å². The fourth-order valence-corrected chi connectivity index (χ4v) is 6.15. The van der Waals surface area contributed by atoms with Crippen molar-refractivity contribution in [3.05, 3.63) is 48.5 Å². The first-order chi connectivity index (χ1) is 20.2. The van der Waals surface area contributed by atoms with Gasteiger partial charge in [0.05, 0.1) is 23.4 Å². The highest BCUT2D eigenvalue weighted by Gasteiger charge is 2.16. The van der Waals surface area contributed by atoms with E-state index in [0.29, 0.717) is 45.6 Å². The van der Waals surface area contributed by atoms with Gasteiger partial charge < -0.3 is 24.3 Å². The standard InChI is InChI=1S/C26H24N8O5S2/c35-24(27-7-8-33-9-11-36-12-10-33)29-25-28-18-3-2-17(14-21(18)41-25)40-26-31-30-22-5-6-23(32-34(22)26)39-16-1-4-19-20(13-16)38-15-37-19/h1-6,13-14H,7-12,15H2,(H2,27,28,29,35). The predicted octanol–water partition coefficient (Wildman–Crippen LogP) is 3.86. The number of rotatable bonds is 8. The molecule has 2 aliphatic rings. The highest BCUT2D eigenvalue weighted by Crippen LogP contribution is 2.37. The molecule has 2 aliphatic heterocycles. The van der Waals surface area contributed by atoms with Crippen LogP contribution in [-0.2, 0) is 4.74 Å². The third-order valence-electron chi connectivity index (χ3n) is 6.38. The minimum absolute atomic E-state index is 0.195. The van der Waals surface area contributed by atoms with Gasteiger partial charge in [-0.3, -0.25) is 10.2 Å². The molecule has 0 spiro atoms. The summed E-state index contributed by atoms with van der Waals surface area (Å²) in [5.74, 6) is 2.27. The molecule has 15 heteroatoms. The lowest BCUT2D eigenvalue weighted by Crippen LogP contribution is -2.42. The van der Waals surface area contributed by atoms with E-state index in [0.717, 1.165) is 48.0 Å². The van der Waals surface area contributed by atoms with Crippen molar-refractivity contribution >= 4 is 50.1 Å². The van der Waals surface area contributed by atoms with E-state index < -0.39 is 0 Å². The van der Waals surface area contributed by atoms with Crippen molar-refractivity contribution in [2.75, 3.05) is 51.5 Å². The molecule has 5 heterocycles. The van der Waals surface area contributed by atoms with Gasteiger partial charge in [0, 0.05) is 43.2 Å². The Balaban J connectivity index is 1.01. The number of hydrogen-bond donors (Lipinski definition) is 2. The Bertz CT molecular complexity index is 1720. The summed E-state index contributed by atoms with van der Waals surface area (Å²) in [5, 5.41) is 20.0. The van der Waals surface area contributed by atoms with Crippen LogP contribution in [0.5, 0.6) is 23.1 Å². The number of nitrogens with zero attached hydrogens (tertiary/aromatic N) is 6. The van der Waals surface area contributed by atoms with Gasteiger partial charge in [-0.1, -0.05) is 11.3 Å². The Morgan fingerprint density at radius 1 is 1.05 bits per heavy atom. The number of morpholine rings is 1. The molecule has 41 heavy (non-hydrogen) atoms. The van der Waals surface area contributed by atoms with E-state index in [1.54, 1.807) is 34.8 Å². The number of hydrogen-bond acceptors (Lipinski definition) is 12. The SMILES string of the molecule is O=C(NCCN1CCOCC1)Nc1nc2ccc(Sc3nnc4ccc(Oc5ccc6c(c5)OCO6)nn34)cc2s1. The molecule has 2 N–H and O–H groups in total. The average Bonchev–Trinajstić information content (AvgIpc) is 3.71. The lowest BCUT2D eigenvalue weighted by Gasteiger charge is -2.26. The summed E-state index contributed by atoms with van der Waals surface area (Å²) >= 11 is 2.83. The van der Waals surface area contributed by atoms with Crippen LogP contribution in [0.3, 0.4) is 0 Å². The maximum atomic E-state index is 12.4. The quantitative estimate of drug-likeness (QED) is 0.272. The highest BCUT2D eigenvalue weighted by molar-refractivity contribution is 7.99. The highest BCUT2D eigenvalue weighted by atomic mass is 32.2. The topological polar surface area (TPSA) is 137 Å². The number of benzene rings is 2. The molecule has 1 fully saturated rings. The van der Waals surface area contributed by atoms with Crippen molar-refractivity contribution in [1.82, 2.24) is 35.0 Å². The Labute approximate surface area is 241 Å². The summed E-state index contributed by atoms with van der Waals surface area (Å²) in [5.41, 5.74) is 1.39. The molecule has 0 aliphatic carbocycles. The van der Waals surface area contributed by atoms with Crippen LogP contribution in [0.2, 0.25) is 0 Å². The molecule has 0 bridgehead atoms. The first-order valence-electron chi connectivity index (χ1n) is 12.9. The number of nitrogens with one attached hydrogen (secondary N) is 2. The van der Waals surface area contributed by atoms with Gasteiger partial charge in [-0.2, -0.15) is 4.52 Å². The first kappa shape index (κ1) is 25.8. The zero-order valence-corrected chi connectivity index (χ0v) is 23.2. The fourth-order valence-electron chi connectivity index (χ4n) is 4.35. The molecular weight excluding hydrogens is 568 g/mol. The third kappa shape index (κ3) is 5.83. The first-order valence-corrected chi connectivity index (χ1v) is 14.5. The van der Waals surface area contributed by atoms with Crippen LogP contribution in [-0.4, -0.2) is 81.9 Å². The normalized spacial score (nSPS) is 14.9. The molecule has 2 amide bonds. The zero-order valence-electron chi connectivity index (χ0n) is 21.6. The van der Waals surface area contributed by atoms with Crippen molar-refractivity contribution in [2.45, 2.75) is 10.1 Å². The smallest absolute Gasteiger partial charge is 0.321 e. The lowest BCUT2D eigenvalue weighted by atomic mass is 10.3. The average molecular weight is 593 g/mol. The largest absolute Gasteiger partial charge is 0.454 e. The summed E-state index contributed by atoms with van der Waals surface area (Å²) in [7, 11) is 0. The molecule has 7 rings (SSSR count). The summed E-state index contributed by atoms with van der Waals surface area (Å²) < 4.78 is 24.7. The number of aromatic nitrogens is 5. The van der Waals surface area contributed by atoms with Crippen molar-refractivity contribution < 1.29 is 23.7 Å². The zero-order chi connectivity index (χ0) is 27.6. The van der Waals surface area contributed by atoms with E-state index >= 15 is 0 Å². The second-order valence-electron chi connectivity index (χ2n) is 9.13. The molecule has 210 valence electrons. The van der Waals surface area contributed by atoms with E-state index in [4.69, 9.17) is 18.9 Å². The fraction of sp³-hybridized carbons (Fsp3) is 0.269. The molecule has 1 saturated heterocycles. The van der Waals surface area contributed by atoms with Gasteiger partial charge in [-0.15, -0.1) is 15.3 Å². The Morgan fingerprint density at radius 3 is 2.88 bits per heavy atom. The van der Waals surface area contributed by atoms with Crippen molar-refractivity contribution in [2.24, 2.45) is 0 Å². The minimum Gasteiger partial charge on any atom is -0.454 e. The number of thiazole rings is 1. The maximum Gasteiger partial charge on any atom is 0.321 e. The molecule has 0 radical (unpaired) electrons. The number of fused-ring (bicyclic) bond motifs is 3. The number of anilines is 1. The third-order valence-corrected chi connectivity index (χ3v) is 8.24. The predicted molar refractivity (Wildman–Crippen MR) is 151 cm³/mol. The minimum atomic E-state index is -0.272. The number of urea groups is 1. The number of amides is 2. The van der Waals surface area contributed by atoms with E-state index in [1.165, 1.54) is 23.1 Å². The van der Waals surface area contributed by atoms with Crippen LogP contribution in [0.4, 0.5) is 9.93 Å². The Morgan fingerprint density at radius 2 is 1.95 bits per heavy atom. The summed E-state index contributed by atoms with van der Waals surface area (Å²) in [6.07, 6.45) is 0. The van der Waals surface area contributed by atoms with E-state index in [2.05, 4.69) is 35.8 Å². The van der Waals surface area contributed by atoms with Crippen LogP contribution in [0, 0.1) is 0 Å². The van der Waals surface area contributed by atoms with E-state index in [1.807, 2.05) is 18.2 Å². The second kappa shape index (κ2) is 11.4. The van der Waals surface area contributed by atoms with Crippen LogP contribution < -0.4 is 24.8 Å². The molecule has 5 aromatic rings. The van der Waals surface area contributed by atoms with Gasteiger partial charge in [0.1, 0.15) is 5.75 Å². The molecule has 0 atom stereocenters. The van der Waals surface area contributed by atoms with Gasteiger partial charge in [0.15, 0.2) is 22.3 Å². The number of carbonyl (C=O) groups excluding carboxylic acids is 1. The summed E-state index contributed by atoms with van der Waals surface area (Å²) in [4.78, 5) is 20.1. The second-order valence-corrected chi connectivity index (χ2v) is 11.2. The maximum absolute atomic E-state index is 12.4. The summed E-state index contributed by atoms with van der Waals surface area (Å²) in [6.45, 7) is 4.78. The van der Waals surface area contributed by atoms with Gasteiger partial charge in [0.25, 0.3) is 0 Å². The van der Waals surface area contributed by atoms with Gasteiger partial charge in [-0.25, -0.2) is 9.78 Å². The monoisotopic (exact) mass is 592 g/mol. The summed E-state index contributed by atoms with van der Waals surface area (Å²) in [6, 6.07) is 14.5. The van der Waals surface area contributed by atoms with Crippen LogP contribution in [0.25, 0.3) is 15.9 Å². The molecule has 3 aromatic heterocycles. The lowest BCUT2D eigenvalue weighted by molar-refractivity contribution is 0.0388.